The van der Waals surface area contributed by atoms with Crippen molar-refractivity contribution in [3.8, 4) is 78.6 Å². The van der Waals surface area contributed by atoms with E-state index in [4.69, 9.17) is 9.97 Å². The van der Waals surface area contributed by atoms with Crippen LogP contribution in [-0.2, 0) is 26.5 Å². The molecule has 2 aromatic heterocycles. The van der Waals surface area contributed by atoms with Crippen LogP contribution in [-0.4, -0.2) is 19.6 Å². The van der Waals surface area contributed by atoms with Crippen molar-refractivity contribution in [3.63, 3.8) is 0 Å². The summed E-state index contributed by atoms with van der Waals surface area (Å²) in [6.07, 6.45) is 1.86. The van der Waals surface area contributed by atoms with Gasteiger partial charge in [0.1, 0.15) is 11.6 Å². The molecule has 7 aromatic carbocycles. The number of phenolic OH excluding ortho intramolecular Hbond substituents is 1. The summed E-state index contributed by atoms with van der Waals surface area (Å²) in [7, 11) is 0. The molecule has 4 nitrogen and oxygen atoms in total. The molecule has 9 aromatic rings. The molecule has 1 N–H and O–H groups in total. The molecule has 0 aliphatic rings. The first kappa shape index (κ1) is 44.8. The van der Waals surface area contributed by atoms with Crippen molar-refractivity contribution in [2.45, 2.75) is 112 Å². The molecule has 0 aliphatic heterocycles. The van der Waals surface area contributed by atoms with Gasteiger partial charge in [-0.2, -0.15) is 0 Å². The van der Waals surface area contributed by atoms with Crippen LogP contribution in [0.2, 0.25) is 0 Å². The number of imidazole rings is 1. The minimum Gasteiger partial charge on any atom is -0.507 e. The summed E-state index contributed by atoms with van der Waals surface area (Å²) in [5, 5.41) is 12.4. The van der Waals surface area contributed by atoms with Gasteiger partial charge in [0.15, 0.2) is 0 Å². The molecule has 0 amide bonds. The second-order valence-electron chi connectivity index (χ2n) is 20.7. The van der Waals surface area contributed by atoms with Crippen LogP contribution in [0.1, 0.15) is 139 Å². The summed E-state index contributed by atoms with van der Waals surface area (Å²) in [6.45, 7) is 20.4. The Morgan fingerprint density at radius 3 is 1.90 bits per heavy atom. The summed E-state index contributed by atoms with van der Waals surface area (Å²) in [5.41, 5.74) is 16.2. The van der Waals surface area contributed by atoms with Gasteiger partial charge in [0.25, 0.3) is 0 Å². The van der Waals surface area contributed by atoms with Gasteiger partial charge in [0.2, 0.25) is 0 Å². The SMILES string of the molecule is [2H]C([2H])([2H])c1cc(-c2c(C(C)C)cccc2C([2H])(C)C)ccc1-n1c(-c2cc(C(C)C)cc(C(C)C)c2O)nc2c(-c3[c-]c(-c4cc(-c5ccc(-c6ccccc6)cc5)ccn4)cc(C(C)(C)C)c3)cccc21.[Pt]. The minimum absolute atomic E-state index is 0. The zero-order valence-electron chi connectivity index (χ0n) is 46.3. The van der Waals surface area contributed by atoms with Crippen molar-refractivity contribution >= 4 is 11.0 Å². The van der Waals surface area contributed by atoms with E-state index in [2.05, 4.69) is 147 Å². The van der Waals surface area contributed by atoms with E-state index in [1.165, 1.54) is 5.56 Å². The number of hydrogen-bond acceptors (Lipinski definition) is 3. The van der Waals surface area contributed by atoms with Gasteiger partial charge < -0.3 is 5.11 Å². The maximum absolute atomic E-state index is 12.4. The third kappa shape index (κ3) is 9.73. The molecule has 9 rings (SSSR count). The van der Waals surface area contributed by atoms with E-state index in [1.54, 1.807) is 6.07 Å². The Morgan fingerprint density at radius 2 is 1.24 bits per heavy atom. The Balaban J connectivity index is 0.00000729. The van der Waals surface area contributed by atoms with Gasteiger partial charge in [-0.25, -0.2) is 4.98 Å². The van der Waals surface area contributed by atoms with Gasteiger partial charge in [0, 0.05) is 38.4 Å². The molecule has 0 aliphatic carbocycles. The van der Waals surface area contributed by atoms with E-state index < -0.39 is 12.7 Å². The maximum atomic E-state index is 12.4. The van der Waals surface area contributed by atoms with Crippen molar-refractivity contribution in [2.24, 2.45) is 0 Å². The molecule has 0 radical (unpaired) electrons. The average Bonchev–Trinajstić information content (AvgIpc) is 3.75. The van der Waals surface area contributed by atoms with Gasteiger partial charge >= 0.3 is 0 Å². The summed E-state index contributed by atoms with van der Waals surface area (Å²) >= 11 is 0. The van der Waals surface area contributed by atoms with Crippen LogP contribution in [0.25, 0.3) is 83.9 Å². The van der Waals surface area contributed by atoms with Gasteiger partial charge in [-0.3, -0.25) is 9.55 Å². The van der Waals surface area contributed by atoms with E-state index >= 15 is 0 Å². The Hall–Kier alpha value is -6.35. The molecule has 0 saturated heterocycles. The number of hydrogen-bond donors (Lipinski definition) is 1. The molecule has 0 saturated carbocycles. The molecule has 0 unspecified atom stereocenters. The smallest absolute Gasteiger partial charge is 0.148 e. The molecule has 0 fully saturated rings. The number of aryl methyl sites for hydroxylation is 1. The molecule has 0 spiro atoms. The quantitative estimate of drug-likeness (QED) is 0.131. The Bertz CT molecular complexity index is 3500. The third-order valence-electron chi connectivity index (χ3n) is 13.5. The Kier molecular flexibility index (Phi) is 12.9. The number of pyridine rings is 1. The number of aromatic hydroxyl groups is 1. The predicted octanol–water partition coefficient (Wildman–Crippen LogP) is 18.0. The number of phenols is 1. The number of fused-ring (bicyclic) bond motifs is 1. The first-order chi connectivity index (χ1) is 34.5. The second kappa shape index (κ2) is 20.2. The van der Waals surface area contributed by atoms with E-state index in [0.717, 1.165) is 78.0 Å². The molecule has 0 bridgehead atoms. The zero-order valence-corrected chi connectivity index (χ0v) is 44.5. The zero-order chi connectivity index (χ0) is 52.3. The Morgan fingerprint density at radius 1 is 0.600 bits per heavy atom. The fraction of sp³-hybridized carbons (Fsp3) is 0.262. The Labute approximate surface area is 436 Å². The maximum Gasteiger partial charge on any atom is 0.148 e. The van der Waals surface area contributed by atoms with Crippen molar-refractivity contribution < 1.29 is 31.7 Å². The first-order valence-corrected chi connectivity index (χ1v) is 24.4. The largest absolute Gasteiger partial charge is 0.507 e. The van der Waals surface area contributed by atoms with Crippen LogP contribution in [0.4, 0.5) is 0 Å². The topological polar surface area (TPSA) is 50.9 Å². The van der Waals surface area contributed by atoms with Crippen LogP contribution in [0, 0.1) is 12.9 Å². The van der Waals surface area contributed by atoms with E-state index in [0.29, 0.717) is 28.1 Å². The molecular formula is C65H66N3OPt-. The summed E-state index contributed by atoms with van der Waals surface area (Å²) in [5.74, 6) is -0.166. The summed E-state index contributed by atoms with van der Waals surface area (Å²) in [6, 6.07) is 53.1. The molecule has 358 valence electrons. The van der Waals surface area contributed by atoms with E-state index in [1.807, 2.05) is 85.3 Å². The number of rotatable bonds is 11. The third-order valence-corrected chi connectivity index (χ3v) is 13.5. The number of aromatic nitrogens is 3. The van der Waals surface area contributed by atoms with Gasteiger partial charge in [-0.05, 0) is 127 Å². The van der Waals surface area contributed by atoms with Crippen LogP contribution in [0.5, 0.6) is 5.75 Å². The van der Waals surface area contributed by atoms with Crippen molar-refractivity contribution in [1.29, 1.82) is 0 Å². The first-order valence-electron chi connectivity index (χ1n) is 26.4. The van der Waals surface area contributed by atoms with Gasteiger partial charge in [-0.15, -0.1) is 29.3 Å². The minimum atomic E-state index is -2.57. The van der Waals surface area contributed by atoms with E-state index in [9.17, 15) is 10.6 Å². The standard InChI is InChI=1S/C65H66N3O.Pt/c1-39(2)49-36-56(42(7)8)63(69)57(37-49)64-67-62-55(22-17-23-60(62)68(64)59-29-28-48(32-43(59)9)61-53(40(3)4)20-16-21-54(61)41(5)6)50-33-51(35-52(34-50)65(10,11)12)58-38-47(30-31-66-58)46-26-24-45(25-27-46)44-18-14-13-15-19-44;/h13-32,34-42,69H,1-12H3;/q-1;/i9D3,40D;. The van der Waals surface area contributed by atoms with Crippen LogP contribution in [0.15, 0.2) is 152 Å². The molecular weight excluding hydrogens is 1030 g/mol. The van der Waals surface area contributed by atoms with Crippen LogP contribution >= 0.6 is 0 Å². The van der Waals surface area contributed by atoms with Crippen molar-refractivity contribution in [1.82, 2.24) is 14.5 Å². The van der Waals surface area contributed by atoms with Crippen LogP contribution in [0.3, 0.4) is 0 Å². The fourth-order valence-corrected chi connectivity index (χ4v) is 9.57. The molecule has 0 atom stereocenters. The monoisotopic (exact) mass is 1100 g/mol. The van der Waals surface area contributed by atoms with Crippen molar-refractivity contribution in [2.75, 3.05) is 0 Å². The van der Waals surface area contributed by atoms with Crippen molar-refractivity contribution in [3.05, 3.63) is 191 Å². The summed E-state index contributed by atoms with van der Waals surface area (Å²) in [4.78, 5) is 10.4. The number of para-hydroxylation sites is 1. The molecule has 2 heterocycles. The fourth-order valence-electron chi connectivity index (χ4n) is 9.57. The normalized spacial score (nSPS) is 13.1. The average molecular weight is 1100 g/mol. The summed E-state index contributed by atoms with van der Waals surface area (Å²) < 4.78 is 38.6. The number of nitrogens with zero attached hydrogens (tertiary/aromatic N) is 3. The number of benzene rings is 7. The predicted molar refractivity (Wildman–Crippen MR) is 292 cm³/mol. The molecule has 70 heavy (non-hydrogen) atoms. The molecule has 5 heteroatoms. The van der Waals surface area contributed by atoms with Crippen LogP contribution < -0.4 is 0 Å². The van der Waals surface area contributed by atoms with Gasteiger partial charge in [0.05, 0.1) is 22.3 Å². The second-order valence-corrected chi connectivity index (χ2v) is 20.7. The van der Waals surface area contributed by atoms with E-state index in [-0.39, 0.29) is 55.5 Å². The van der Waals surface area contributed by atoms with Gasteiger partial charge in [-0.1, -0.05) is 190 Å².